The van der Waals surface area contributed by atoms with Gasteiger partial charge in [-0.25, -0.2) is 0 Å². The molecule has 3 nitrogen and oxygen atoms in total. The molecule has 0 aliphatic carbocycles. The zero-order valence-corrected chi connectivity index (χ0v) is 11.8. The SMILES string of the molecule is CC(C(=O)O)c1cccc(C2CCCN(C)CC2)c1. The third kappa shape index (κ3) is 3.57. The van der Waals surface area contributed by atoms with Crippen LogP contribution >= 0.6 is 0 Å². The highest BCUT2D eigenvalue weighted by Crippen LogP contribution is 2.29. The molecular formula is C16H23NO2. The molecule has 1 fully saturated rings. The molecule has 1 heterocycles. The monoisotopic (exact) mass is 261 g/mol. The molecule has 0 bridgehead atoms. The minimum absolute atomic E-state index is 0.423. The minimum atomic E-state index is -0.752. The van der Waals surface area contributed by atoms with Crippen LogP contribution in [0.1, 0.15) is 49.1 Å². The number of carbonyl (C=O) groups is 1. The number of rotatable bonds is 3. The number of carboxylic acids is 1. The molecule has 0 spiro atoms. The van der Waals surface area contributed by atoms with Crippen molar-refractivity contribution in [1.82, 2.24) is 4.90 Å². The summed E-state index contributed by atoms with van der Waals surface area (Å²) in [5.74, 6) is -0.600. The predicted octanol–water partition coefficient (Wildman–Crippen LogP) is 3.07. The summed E-state index contributed by atoms with van der Waals surface area (Å²) in [4.78, 5) is 13.5. The van der Waals surface area contributed by atoms with Gasteiger partial charge in [0, 0.05) is 0 Å². The molecule has 104 valence electrons. The van der Waals surface area contributed by atoms with Crippen LogP contribution in [0.4, 0.5) is 0 Å². The van der Waals surface area contributed by atoms with Crippen LogP contribution in [0.2, 0.25) is 0 Å². The normalized spacial score (nSPS) is 22.7. The Morgan fingerprint density at radius 3 is 2.89 bits per heavy atom. The van der Waals surface area contributed by atoms with Gasteiger partial charge < -0.3 is 10.0 Å². The average Bonchev–Trinajstić information content (AvgIpc) is 2.63. The first-order valence-corrected chi connectivity index (χ1v) is 7.09. The van der Waals surface area contributed by atoms with Gasteiger partial charge in [0.2, 0.25) is 0 Å². The Kier molecular flexibility index (Phi) is 4.59. The van der Waals surface area contributed by atoms with Gasteiger partial charge in [0.25, 0.3) is 0 Å². The number of benzene rings is 1. The van der Waals surface area contributed by atoms with E-state index in [1.807, 2.05) is 12.1 Å². The van der Waals surface area contributed by atoms with Crippen LogP contribution in [0.3, 0.4) is 0 Å². The van der Waals surface area contributed by atoms with Gasteiger partial charge in [0.05, 0.1) is 5.92 Å². The minimum Gasteiger partial charge on any atom is -0.481 e. The Bertz CT molecular complexity index is 444. The molecule has 0 saturated carbocycles. The molecule has 1 saturated heterocycles. The largest absolute Gasteiger partial charge is 0.481 e. The zero-order chi connectivity index (χ0) is 13.8. The van der Waals surface area contributed by atoms with Crippen LogP contribution < -0.4 is 0 Å². The van der Waals surface area contributed by atoms with Gasteiger partial charge in [-0.05, 0) is 63.4 Å². The van der Waals surface area contributed by atoms with E-state index in [9.17, 15) is 4.79 Å². The number of carboxylic acid groups (broad SMARTS) is 1. The fourth-order valence-corrected chi connectivity index (χ4v) is 2.80. The number of hydrogen-bond acceptors (Lipinski definition) is 2. The number of nitrogens with zero attached hydrogens (tertiary/aromatic N) is 1. The van der Waals surface area contributed by atoms with Gasteiger partial charge in [0.15, 0.2) is 0 Å². The summed E-state index contributed by atoms with van der Waals surface area (Å²) in [5, 5.41) is 9.11. The molecule has 0 aromatic heterocycles. The van der Waals surface area contributed by atoms with E-state index in [2.05, 4.69) is 24.1 Å². The maximum atomic E-state index is 11.1. The van der Waals surface area contributed by atoms with Crippen LogP contribution in [-0.2, 0) is 4.79 Å². The Hall–Kier alpha value is -1.35. The second-order valence-electron chi connectivity index (χ2n) is 5.66. The Morgan fingerprint density at radius 2 is 2.16 bits per heavy atom. The van der Waals surface area contributed by atoms with Gasteiger partial charge in [-0.15, -0.1) is 0 Å². The van der Waals surface area contributed by atoms with E-state index in [1.54, 1.807) is 6.92 Å². The summed E-state index contributed by atoms with van der Waals surface area (Å²) >= 11 is 0. The smallest absolute Gasteiger partial charge is 0.310 e. The average molecular weight is 261 g/mol. The van der Waals surface area contributed by atoms with E-state index in [1.165, 1.54) is 31.4 Å². The molecule has 1 aromatic rings. The first-order valence-electron chi connectivity index (χ1n) is 7.09. The topological polar surface area (TPSA) is 40.5 Å². The van der Waals surface area contributed by atoms with Crippen LogP contribution in [-0.4, -0.2) is 36.1 Å². The molecule has 2 atom stereocenters. The van der Waals surface area contributed by atoms with Crippen molar-refractivity contribution in [2.75, 3.05) is 20.1 Å². The summed E-state index contributed by atoms with van der Waals surface area (Å²) in [7, 11) is 2.17. The molecule has 0 amide bonds. The summed E-state index contributed by atoms with van der Waals surface area (Å²) < 4.78 is 0. The lowest BCUT2D eigenvalue weighted by Crippen LogP contribution is -2.18. The molecule has 1 aromatic carbocycles. The highest BCUT2D eigenvalue weighted by molar-refractivity contribution is 5.75. The highest BCUT2D eigenvalue weighted by atomic mass is 16.4. The maximum absolute atomic E-state index is 11.1. The quantitative estimate of drug-likeness (QED) is 0.909. The van der Waals surface area contributed by atoms with Crippen molar-refractivity contribution >= 4 is 5.97 Å². The van der Waals surface area contributed by atoms with E-state index in [4.69, 9.17) is 5.11 Å². The van der Waals surface area contributed by atoms with Gasteiger partial charge in [-0.2, -0.15) is 0 Å². The van der Waals surface area contributed by atoms with Crippen LogP contribution in [0.5, 0.6) is 0 Å². The first-order chi connectivity index (χ1) is 9.08. The van der Waals surface area contributed by atoms with E-state index in [0.29, 0.717) is 5.92 Å². The molecule has 2 rings (SSSR count). The molecule has 0 radical (unpaired) electrons. The van der Waals surface area contributed by atoms with Crippen molar-refractivity contribution in [3.05, 3.63) is 35.4 Å². The van der Waals surface area contributed by atoms with Crippen molar-refractivity contribution < 1.29 is 9.90 Å². The number of likely N-dealkylation sites (tertiary alicyclic amines) is 1. The second-order valence-corrected chi connectivity index (χ2v) is 5.66. The van der Waals surface area contributed by atoms with Gasteiger partial charge in [-0.3, -0.25) is 4.79 Å². The lowest BCUT2D eigenvalue weighted by molar-refractivity contribution is -0.138. The van der Waals surface area contributed by atoms with Crippen molar-refractivity contribution in [3.63, 3.8) is 0 Å². The molecule has 2 unspecified atom stereocenters. The zero-order valence-electron chi connectivity index (χ0n) is 11.8. The predicted molar refractivity (Wildman–Crippen MR) is 76.6 cm³/mol. The Morgan fingerprint density at radius 1 is 1.37 bits per heavy atom. The summed E-state index contributed by atoms with van der Waals surface area (Å²) in [6, 6.07) is 8.16. The third-order valence-electron chi connectivity index (χ3n) is 4.20. The van der Waals surface area contributed by atoms with E-state index < -0.39 is 11.9 Å². The van der Waals surface area contributed by atoms with Gasteiger partial charge >= 0.3 is 5.97 Å². The van der Waals surface area contributed by atoms with Crippen molar-refractivity contribution in [2.45, 2.75) is 38.0 Å². The first kappa shape index (κ1) is 14.1. The number of aliphatic carboxylic acids is 1. The number of hydrogen-bond donors (Lipinski definition) is 1. The Labute approximate surface area is 115 Å². The lowest BCUT2D eigenvalue weighted by Gasteiger charge is -2.17. The van der Waals surface area contributed by atoms with Crippen LogP contribution in [0.15, 0.2) is 24.3 Å². The van der Waals surface area contributed by atoms with Gasteiger partial charge in [0.1, 0.15) is 0 Å². The van der Waals surface area contributed by atoms with E-state index in [-0.39, 0.29) is 0 Å². The van der Waals surface area contributed by atoms with Crippen LogP contribution in [0, 0.1) is 0 Å². The summed E-state index contributed by atoms with van der Waals surface area (Å²) in [6.07, 6.45) is 3.59. The van der Waals surface area contributed by atoms with Gasteiger partial charge in [-0.1, -0.05) is 24.3 Å². The molecule has 1 aliphatic rings. The Balaban J connectivity index is 2.16. The fourth-order valence-electron chi connectivity index (χ4n) is 2.80. The molecule has 1 aliphatic heterocycles. The van der Waals surface area contributed by atoms with E-state index in [0.717, 1.165) is 12.1 Å². The van der Waals surface area contributed by atoms with Crippen molar-refractivity contribution in [1.29, 1.82) is 0 Å². The molecule has 3 heteroatoms. The highest BCUT2D eigenvalue weighted by Gasteiger charge is 2.19. The molecule has 19 heavy (non-hydrogen) atoms. The third-order valence-corrected chi connectivity index (χ3v) is 4.20. The molecule has 1 N–H and O–H groups in total. The summed E-state index contributed by atoms with van der Waals surface area (Å²) in [6.45, 7) is 4.05. The maximum Gasteiger partial charge on any atom is 0.310 e. The van der Waals surface area contributed by atoms with E-state index >= 15 is 0 Å². The standard InChI is InChI=1S/C16H23NO2/c1-12(16(18)19)14-5-3-6-15(11-14)13-7-4-9-17(2)10-8-13/h3,5-6,11-13H,4,7-10H2,1-2H3,(H,18,19). The van der Waals surface area contributed by atoms with Crippen molar-refractivity contribution in [2.24, 2.45) is 0 Å². The van der Waals surface area contributed by atoms with Crippen LogP contribution in [0.25, 0.3) is 0 Å². The molecular weight excluding hydrogens is 238 g/mol. The second kappa shape index (κ2) is 6.20. The fraction of sp³-hybridized carbons (Fsp3) is 0.562. The van der Waals surface area contributed by atoms with Crippen molar-refractivity contribution in [3.8, 4) is 0 Å². The lowest BCUT2D eigenvalue weighted by atomic mass is 9.89. The summed E-state index contributed by atoms with van der Waals surface area (Å²) in [5.41, 5.74) is 2.23.